The van der Waals surface area contributed by atoms with Crippen LogP contribution in [0, 0.1) is 10.1 Å². The van der Waals surface area contributed by atoms with Crippen LogP contribution in [0.15, 0.2) is 79.6 Å². The van der Waals surface area contributed by atoms with Gasteiger partial charge in [0.05, 0.1) is 34.7 Å². The molecule has 4 aromatic rings. The van der Waals surface area contributed by atoms with E-state index in [1.165, 1.54) is 23.0 Å². The third kappa shape index (κ3) is 3.95. The van der Waals surface area contributed by atoms with Crippen LogP contribution < -0.4 is 5.32 Å². The maximum atomic E-state index is 12.6. The highest BCUT2D eigenvalue weighted by atomic mass is 16.6. The predicted molar refractivity (Wildman–Crippen MR) is 110 cm³/mol. The number of nitro benzene ring substituents is 1. The second kappa shape index (κ2) is 8.00. The number of carbonyl (C=O) groups is 1. The van der Waals surface area contributed by atoms with E-state index in [1.54, 1.807) is 30.9 Å². The van der Waals surface area contributed by atoms with Gasteiger partial charge in [0, 0.05) is 36.4 Å². The molecule has 2 aromatic carbocycles. The number of non-ortho nitro benzene ring substituents is 1. The van der Waals surface area contributed by atoms with Crippen LogP contribution in [-0.4, -0.2) is 30.2 Å². The zero-order valence-corrected chi connectivity index (χ0v) is 16.0. The summed E-state index contributed by atoms with van der Waals surface area (Å²) in [7, 11) is 0. The number of benzene rings is 2. The first-order chi connectivity index (χ1) is 14.5. The molecule has 0 bridgehead atoms. The van der Waals surface area contributed by atoms with E-state index in [2.05, 4.69) is 15.4 Å². The number of nitrogens with one attached hydrogen (secondary N) is 1. The number of aromatic nitrogens is 4. The Morgan fingerprint density at radius 2 is 1.80 bits per heavy atom. The quantitative estimate of drug-likeness (QED) is 0.392. The standard InChI is InChI=1S/C21H18N6O3/c1-15(16-2-4-18(5-3-16)25-11-10-22-14-25)24-21(28)17-12-23-26(13-17)19-6-8-20(9-7-19)27(29)30/h2-15H,1H3,(H,24,28). The molecule has 2 heterocycles. The van der Waals surface area contributed by atoms with Gasteiger partial charge >= 0.3 is 0 Å². The van der Waals surface area contributed by atoms with Gasteiger partial charge in [-0.2, -0.15) is 5.10 Å². The summed E-state index contributed by atoms with van der Waals surface area (Å²) in [4.78, 5) is 26.9. The smallest absolute Gasteiger partial charge is 0.269 e. The molecule has 0 aliphatic rings. The zero-order chi connectivity index (χ0) is 21.1. The van der Waals surface area contributed by atoms with Gasteiger partial charge in [-0.1, -0.05) is 12.1 Å². The molecule has 9 heteroatoms. The summed E-state index contributed by atoms with van der Waals surface area (Å²) in [6.45, 7) is 1.91. The molecule has 4 rings (SSSR count). The van der Waals surface area contributed by atoms with E-state index in [1.807, 2.05) is 42.0 Å². The lowest BCUT2D eigenvalue weighted by Gasteiger charge is -2.14. The van der Waals surface area contributed by atoms with E-state index >= 15 is 0 Å². The number of amides is 1. The second-order valence-electron chi connectivity index (χ2n) is 6.70. The number of nitrogens with zero attached hydrogens (tertiary/aromatic N) is 5. The molecule has 0 saturated heterocycles. The van der Waals surface area contributed by atoms with Crippen LogP contribution in [0.2, 0.25) is 0 Å². The molecular formula is C21H18N6O3. The number of nitro groups is 1. The Bertz CT molecular complexity index is 1160. The van der Waals surface area contributed by atoms with Gasteiger partial charge in [0.15, 0.2) is 0 Å². The summed E-state index contributed by atoms with van der Waals surface area (Å²) >= 11 is 0. The summed E-state index contributed by atoms with van der Waals surface area (Å²) in [5.74, 6) is -0.255. The van der Waals surface area contributed by atoms with Gasteiger partial charge in [-0.3, -0.25) is 14.9 Å². The highest BCUT2D eigenvalue weighted by Gasteiger charge is 2.14. The van der Waals surface area contributed by atoms with Crippen LogP contribution in [-0.2, 0) is 0 Å². The molecule has 0 aliphatic heterocycles. The fraction of sp³-hybridized carbons (Fsp3) is 0.0952. The third-order valence-electron chi connectivity index (χ3n) is 4.71. The van der Waals surface area contributed by atoms with Crippen molar-refractivity contribution < 1.29 is 9.72 Å². The first-order valence-corrected chi connectivity index (χ1v) is 9.20. The monoisotopic (exact) mass is 402 g/mol. The average Bonchev–Trinajstić information content (AvgIpc) is 3.46. The number of imidazole rings is 1. The maximum absolute atomic E-state index is 12.6. The molecule has 0 saturated carbocycles. The Morgan fingerprint density at radius 1 is 1.10 bits per heavy atom. The Balaban J connectivity index is 1.43. The van der Waals surface area contributed by atoms with Gasteiger partial charge in [-0.05, 0) is 36.8 Å². The lowest BCUT2D eigenvalue weighted by Crippen LogP contribution is -2.26. The third-order valence-corrected chi connectivity index (χ3v) is 4.71. The van der Waals surface area contributed by atoms with Gasteiger partial charge in [-0.15, -0.1) is 0 Å². The van der Waals surface area contributed by atoms with Gasteiger partial charge in [0.25, 0.3) is 11.6 Å². The molecule has 0 spiro atoms. The van der Waals surface area contributed by atoms with Crippen molar-refractivity contribution >= 4 is 11.6 Å². The molecule has 0 aliphatic carbocycles. The van der Waals surface area contributed by atoms with Gasteiger partial charge in [0.1, 0.15) is 0 Å². The SMILES string of the molecule is CC(NC(=O)c1cnn(-c2ccc([N+](=O)[O-])cc2)c1)c1ccc(-n2ccnc2)cc1. The molecule has 0 fully saturated rings. The van der Waals surface area contributed by atoms with Crippen LogP contribution in [0.4, 0.5) is 5.69 Å². The minimum Gasteiger partial charge on any atom is -0.345 e. The Hall–Kier alpha value is -4.27. The van der Waals surface area contributed by atoms with Crippen LogP contribution in [0.5, 0.6) is 0 Å². The van der Waals surface area contributed by atoms with E-state index in [9.17, 15) is 14.9 Å². The van der Waals surface area contributed by atoms with Crippen LogP contribution in [0.1, 0.15) is 28.9 Å². The van der Waals surface area contributed by atoms with Crippen LogP contribution >= 0.6 is 0 Å². The van der Waals surface area contributed by atoms with E-state index in [-0.39, 0.29) is 17.6 Å². The van der Waals surface area contributed by atoms with Crippen molar-refractivity contribution in [3.05, 3.63) is 101 Å². The average molecular weight is 402 g/mol. The zero-order valence-electron chi connectivity index (χ0n) is 16.0. The molecule has 0 radical (unpaired) electrons. The number of hydrogen-bond acceptors (Lipinski definition) is 5. The van der Waals surface area contributed by atoms with Crippen molar-refractivity contribution in [2.24, 2.45) is 0 Å². The summed E-state index contributed by atoms with van der Waals surface area (Å²) < 4.78 is 3.41. The molecular weight excluding hydrogens is 384 g/mol. The predicted octanol–water partition coefficient (Wildman–Crippen LogP) is 3.46. The van der Waals surface area contributed by atoms with Gasteiger partial charge in [0.2, 0.25) is 0 Å². The van der Waals surface area contributed by atoms with Crippen molar-refractivity contribution in [3.63, 3.8) is 0 Å². The van der Waals surface area contributed by atoms with E-state index < -0.39 is 4.92 Å². The summed E-state index contributed by atoms with van der Waals surface area (Å²) in [6, 6.07) is 13.6. The lowest BCUT2D eigenvalue weighted by molar-refractivity contribution is -0.384. The van der Waals surface area contributed by atoms with Crippen molar-refractivity contribution in [3.8, 4) is 11.4 Å². The first kappa shape index (κ1) is 19.1. The van der Waals surface area contributed by atoms with Crippen molar-refractivity contribution in [2.45, 2.75) is 13.0 Å². The van der Waals surface area contributed by atoms with E-state index in [0.717, 1.165) is 11.3 Å². The molecule has 1 unspecified atom stereocenters. The minimum atomic E-state index is -0.463. The van der Waals surface area contributed by atoms with Crippen molar-refractivity contribution in [2.75, 3.05) is 0 Å². The topological polar surface area (TPSA) is 108 Å². The summed E-state index contributed by atoms with van der Waals surface area (Å²) in [6.07, 6.45) is 8.36. The van der Waals surface area contributed by atoms with E-state index in [0.29, 0.717) is 11.3 Å². The lowest BCUT2D eigenvalue weighted by atomic mass is 10.1. The fourth-order valence-electron chi connectivity index (χ4n) is 3.02. The Labute approximate surface area is 171 Å². The summed E-state index contributed by atoms with van der Waals surface area (Å²) in [5, 5.41) is 17.9. The molecule has 2 aromatic heterocycles. The Kier molecular flexibility index (Phi) is 5.08. The molecule has 150 valence electrons. The minimum absolute atomic E-state index is 0.00301. The molecule has 1 amide bonds. The molecule has 30 heavy (non-hydrogen) atoms. The number of carbonyl (C=O) groups excluding carboxylic acids is 1. The van der Waals surface area contributed by atoms with Gasteiger partial charge < -0.3 is 9.88 Å². The van der Waals surface area contributed by atoms with Gasteiger partial charge in [-0.25, -0.2) is 9.67 Å². The van der Waals surface area contributed by atoms with Crippen LogP contribution in [0.3, 0.4) is 0 Å². The largest absolute Gasteiger partial charge is 0.345 e. The second-order valence-corrected chi connectivity index (χ2v) is 6.70. The summed E-state index contributed by atoms with van der Waals surface area (Å²) in [5.41, 5.74) is 2.98. The highest BCUT2D eigenvalue weighted by molar-refractivity contribution is 5.94. The first-order valence-electron chi connectivity index (χ1n) is 9.20. The van der Waals surface area contributed by atoms with Crippen molar-refractivity contribution in [1.82, 2.24) is 24.6 Å². The molecule has 9 nitrogen and oxygen atoms in total. The highest BCUT2D eigenvalue weighted by Crippen LogP contribution is 2.18. The molecule has 1 atom stereocenters. The number of hydrogen-bond donors (Lipinski definition) is 1. The number of rotatable bonds is 6. The Morgan fingerprint density at radius 3 is 2.43 bits per heavy atom. The molecule has 1 N–H and O–H groups in total. The normalized spacial score (nSPS) is 11.8. The fourth-order valence-corrected chi connectivity index (χ4v) is 3.02. The van der Waals surface area contributed by atoms with E-state index in [4.69, 9.17) is 0 Å². The van der Waals surface area contributed by atoms with Crippen molar-refractivity contribution in [1.29, 1.82) is 0 Å². The van der Waals surface area contributed by atoms with Crippen LogP contribution in [0.25, 0.3) is 11.4 Å². The maximum Gasteiger partial charge on any atom is 0.269 e.